The van der Waals surface area contributed by atoms with Crippen molar-refractivity contribution < 1.29 is 31.4 Å². The number of nitrogens with zero attached hydrogens (tertiary/aromatic N) is 8. The predicted molar refractivity (Wildman–Crippen MR) is 229 cm³/mol. The third-order valence-electron chi connectivity index (χ3n) is 9.52. The first-order chi connectivity index (χ1) is 29.2. The molecular weight excluding hydrogens is 953 g/mol. The minimum Gasteiger partial charge on any atom is -0.390 e. The molecule has 6 aromatic heterocycles. The van der Waals surface area contributed by atoms with E-state index in [-0.39, 0.29) is 77.7 Å². The average Bonchev–Trinajstić information content (AvgIpc) is 3.88. The van der Waals surface area contributed by atoms with Crippen molar-refractivity contribution in [3.63, 3.8) is 0 Å². The number of aliphatic hydroxyl groups excluding tert-OH is 1. The molecule has 0 bridgehead atoms. The second-order valence-corrected chi connectivity index (χ2v) is 14.3. The zero-order chi connectivity index (χ0) is 43.7. The van der Waals surface area contributed by atoms with Gasteiger partial charge in [0, 0.05) is 30.1 Å². The third-order valence-corrected chi connectivity index (χ3v) is 10.3. The Labute approximate surface area is 368 Å². The number of hydrogen-bond acceptors (Lipinski definition) is 10. The van der Waals surface area contributed by atoms with Gasteiger partial charge in [0.2, 0.25) is 11.6 Å². The molecule has 8 aromatic rings. The molecule has 0 fully saturated rings. The highest BCUT2D eigenvalue weighted by Gasteiger charge is 2.20. The molecular formula is C41H33F6IN10O3S. The van der Waals surface area contributed by atoms with E-state index in [2.05, 4.69) is 39.9 Å². The molecule has 0 aliphatic heterocycles. The van der Waals surface area contributed by atoms with E-state index in [1.165, 1.54) is 31.1 Å². The summed E-state index contributed by atoms with van der Waals surface area (Å²) in [5.74, 6) is -5.03. The van der Waals surface area contributed by atoms with Crippen LogP contribution in [0.3, 0.4) is 0 Å². The number of rotatable bonds is 9. The van der Waals surface area contributed by atoms with Crippen LogP contribution in [0, 0.1) is 41.8 Å². The molecule has 6 heterocycles. The van der Waals surface area contributed by atoms with Crippen molar-refractivity contribution in [1.29, 1.82) is 0 Å². The quantitative estimate of drug-likeness (QED) is 0.0746. The van der Waals surface area contributed by atoms with Crippen LogP contribution >= 0.6 is 35.7 Å². The van der Waals surface area contributed by atoms with Gasteiger partial charge < -0.3 is 15.1 Å². The van der Waals surface area contributed by atoms with Crippen molar-refractivity contribution in [2.24, 2.45) is 0 Å². The van der Waals surface area contributed by atoms with Crippen LogP contribution in [-0.4, -0.2) is 60.0 Å². The maximum Gasteiger partial charge on any atom is 0.287 e. The molecule has 0 amide bonds. The molecule has 0 aliphatic rings. The lowest BCUT2D eigenvalue weighted by Gasteiger charge is -2.11. The fourth-order valence-corrected chi connectivity index (χ4v) is 6.93. The van der Waals surface area contributed by atoms with E-state index in [1.807, 2.05) is 19.9 Å². The minimum absolute atomic E-state index is 0. The van der Waals surface area contributed by atoms with Gasteiger partial charge in [0.25, 0.3) is 11.1 Å². The number of H-pyrrole nitrogens is 2. The predicted octanol–water partition coefficient (Wildman–Crippen LogP) is 7.54. The van der Waals surface area contributed by atoms with E-state index in [0.29, 0.717) is 38.8 Å². The highest BCUT2D eigenvalue weighted by atomic mass is 127. The van der Waals surface area contributed by atoms with Crippen LogP contribution in [0.5, 0.6) is 0 Å². The number of nitrogens with one attached hydrogen (secondary N) is 2. The van der Waals surface area contributed by atoms with Gasteiger partial charge in [0.1, 0.15) is 23.0 Å². The smallest absolute Gasteiger partial charge is 0.287 e. The molecule has 0 saturated heterocycles. The Hall–Kier alpha value is -6.20. The molecule has 8 rings (SSSR count). The molecule has 0 atom stereocenters. The van der Waals surface area contributed by atoms with E-state index in [4.69, 9.17) is 0 Å². The standard InChI is InChI=1S/C22H18F3N5O.C19H14F3N5O2S.HI/c1-4-11(2)18-9-26-21-16(8-13-7-14(23)5-6-15(13)24)28-17(10-30(18)21)20-27-12(3)19(25)22(31)29-20;1-30-16-4-12(21)11(20)2-9(16)3-14-18-24-5-10(8-28)27(18)7-15(25-14)17-23-6-13(22)19(29)26-17;/h4-7,9-10H,8H2,1-3H3,(H,27,29,31);2,4-7,28H,3,8H2,1H3,(H,23,26,29);1H/b11-4-;;. The van der Waals surface area contributed by atoms with Crippen LogP contribution in [0.15, 0.2) is 81.9 Å². The first-order valence-corrected chi connectivity index (χ1v) is 19.4. The van der Waals surface area contributed by atoms with Crippen LogP contribution in [0.1, 0.15) is 53.4 Å². The summed E-state index contributed by atoms with van der Waals surface area (Å²) in [6, 6.07) is 5.40. The minimum atomic E-state index is -1.04. The fraction of sp³-hybridized carbons (Fsp3) is 0.171. The maximum absolute atomic E-state index is 14.3. The fourth-order valence-electron chi connectivity index (χ4n) is 6.31. The molecule has 13 nitrogen and oxygen atoms in total. The van der Waals surface area contributed by atoms with Gasteiger partial charge in [0.15, 0.2) is 34.6 Å². The summed E-state index contributed by atoms with van der Waals surface area (Å²) in [4.78, 5) is 54.4. The highest BCUT2D eigenvalue weighted by molar-refractivity contribution is 14.0. The lowest BCUT2D eigenvalue weighted by atomic mass is 10.1. The zero-order valence-corrected chi connectivity index (χ0v) is 36.0. The highest BCUT2D eigenvalue weighted by Crippen LogP contribution is 2.28. The summed E-state index contributed by atoms with van der Waals surface area (Å²) in [6.45, 7) is 4.83. The van der Waals surface area contributed by atoms with Crippen LogP contribution < -0.4 is 11.1 Å². The second-order valence-electron chi connectivity index (χ2n) is 13.4. The van der Waals surface area contributed by atoms with Crippen LogP contribution in [0.25, 0.3) is 39.9 Å². The summed E-state index contributed by atoms with van der Waals surface area (Å²) in [5, 5.41) is 9.60. The molecule has 320 valence electrons. The van der Waals surface area contributed by atoms with Crippen molar-refractivity contribution >= 4 is 52.6 Å². The average molecular weight is 987 g/mol. The summed E-state index contributed by atoms with van der Waals surface area (Å²) in [7, 11) is 0. The van der Waals surface area contributed by atoms with Crippen molar-refractivity contribution in [1.82, 2.24) is 48.7 Å². The first kappa shape index (κ1) is 45.3. The largest absolute Gasteiger partial charge is 0.390 e. The number of benzene rings is 2. The number of imidazole rings is 2. The number of thioether (sulfide) groups is 1. The Bertz CT molecular complexity index is 3150. The van der Waals surface area contributed by atoms with Gasteiger partial charge in [-0.3, -0.25) is 18.4 Å². The number of aromatic amines is 2. The SMILES string of the molecule is C/C=C(/C)c1cnc2c(Cc3cc(F)ccc3F)nc(-c3nc(C)c(F)c(=O)[nH]3)cn12.CSc1cc(F)c(F)cc1Cc1nc(-c2ncc(F)c(=O)[nH]2)cn2c(CO)cnc12.I. The topological polar surface area (TPSA) is 172 Å². The van der Waals surface area contributed by atoms with Gasteiger partial charge in [-0.25, -0.2) is 47.5 Å². The van der Waals surface area contributed by atoms with Crippen molar-refractivity contribution in [2.75, 3.05) is 6.26 Å². The molecule has 3 N–H and O–H groups in total. The summed E-state index contributed by atoms with van der Waals surface area (Å²) in [6.07, 6.45) is 10.7. The molecule has 0 saturated carbocycles. The van der Waals surface area contributed by atoms with E-state index in [0.717, 1.165) is 47.8 Å². The number of aryl methyl sites for hydroxylation is 1. The summed E-state index contributed by atoms with van der Waals surface area (Å²) < 4.78 is 85.8. The molecule has 0 unspecified atom stereocenters. The van der Waals surface area contributed by atoms with Gasteiger partial charge in [-0.15, -0.1) is 35.7 Å². The van der Waals surface area contributed by atoms with Gasteiger partial charge in [-0.1, -0.05) is 6.08 Å². The maximum atomic E-state index is 14.3. The van der Waals surface area contributed by atoms with Gasteiger partial charge in [-0.2, -0.15) is 8.78 Å². The Kier molecular flexibility index (Phi) is 13.8. The Balaban J connectivity index is 0.000000204. The molecule has 21 heteroatoms. The van der Waals surface area contributed by atoms with Crippen molar-refractivity contribution in [2.45, 2.75) is 45.1 Å². The van der Waals surface area contributed by atoms with E-state index in [9.17, 15) is 41.0 Å². The van der Waals surface area contributed by atoms with Crippen LogP contribution in [0.4, 0.5) is 26.3 Å². The van der Waals surface area contributed by atoms with E-state index in [1.54, 1.807) is 27.5 Å². The number of fused-ring (bicyclic) bond motifs is 2. The molecule has 62 heavy (non-hydrogen) atoms. The van der Waals surface area contributed by atoms with Crippen LogP contribution in [0.2, 0.25) is 0 Å². The zero-order valence-electron chi connectivity index (χ0n) is 32.9. The normalized spacial score (nSPS) is 11.5. The van der Waals surface area contributed by atoms with Gasteiger partial charge >= 0.3 is 0 Å². The van der Waals surface area contributed by atoms with E-state index >= 15 is 0 Å². The number of aromatic nitrogens is 10. The molecule has 2 aromatic carbocycles. The van der Waals surface area contributed by atoms with E-state index < -0.39 is 46.0 Å². The number of hydrogen-bond donors (Lipinski definition) is 3. The second kappa shape index (κ2) is 18.8. The first-order valence-electron chi connectivity index (χ1n) is 18.1. The summed E-state index contributed by atoms with van der Waals surface area (Å²) in [5.41, 5.74) is 2.75. The Morgan fingerprint density at radius 3 is 2.05 bits per heavy atom. The lowest BCUT2D eigenvalue weighted by molar-refractivity contribution is 0.276. The summed E-state index contributed by atoms with van der Waals surface area (Å²) >= 11 is 1.25. The Morgan fingerprint density at radius 2 is 1.39 bits per heavy atom. The lowest BCUT2D eigenvalue weighted by Crippen LogP contribution is -2.16. The molecule has 0 radical (unpaired) electrons. The van der Waals surface area contributed by atoms with Crippen LogP contribution in [-0.2, 0) is 19.4 Å². The Morgan fingerprint density at radius 1 is 0.758 bits per heavy atom. The monoisotopic (exact) mass is 986 g/mol. The number of halogens is 7. The van der Waals surface area contributed by atoms with Crippen molar-refractivity contribution in [3.8, 4) is 23.0 Å². The molecule has 0 spiro atoms. The number of allylic oxidation sites excluding steroid dienone is 2. The molecule has 0 aliphatic carbocycles. The third kappa shape index (κ3) is 9.18. The van der Waals surface area contributed by atoms with Crippen molar-refractivity contribution in [3.05, 3.63) is 163 Å². The number of aliphatic hydroxyl groups is 1. The van der Waals surface area contributed by atoms with Gasteiger partial charge in [-0.05, 0) is 74.1 Å². The van der Waals surface area contributed by atoms with Gasteiger partial charge in [0.05, 0.1) is 53.7 Å².